The minimum absolute atomic E-state index is 0.0665. The van der Waals surface area contributed by atoms with Crippen LogP contribution >= 0.6 is 11.8 Å². The van der Waals surface area contributed by atoms with Crippen LogP contribution in [0.25, 0.3) is 11.0 Å². The Labute approximate surface area is 230 Å². The molecule has 2 aromatic carbocycles. The minimum Gasteiger partial charge on any atom is -0.466 e. The van der Waals surface area contributed by atoms with Crippen molar-refractivity contribution in [2.75, 3.05) is 13.2 Å². The maximum Gasteiger partial charge on any atom is 0.311 e. The summed E-state index contributed by atoms with van der Waals surface area (Å²) >= 11 is 1.57. The fourth-order valence-corrected chi connectivity index (χ4v) is 9.23. The Bertz CT molecular complexity index is 1430. The van der Waals surface area contributed by atoms with E-state index in [1.165, 1.54) is 4.90 Å². The number of aliphatic hydroxyl groups is 1. The number of hydrogen-bond donors (Lipinski definition) is 2. The van der Waals surface area contributed by atoms with Crippen LogP contribution in [0.3, 0.4) is 0 Å². The summed E-state index contributed by atoms with van der Waals surface area (Å²) in [6.45, 7) is 3.67. The maximum absolute atomic E-state index is 14.3. The molecule has 2 N–H and O–H groups in total. The average molecular weight is 550 g/mol. The van der Waals surface area contributed by atoms with Gasteiger partial charge < -0.3 is 20.1 Å². The van der Waals surface area contributed by atoms with Crippen LogP contribution in [0.4, 0.5) is 0 Å². The molecule has 204 valence electrons. The van der Waals surface area contributed by atoms with Gasteiger partial charge in [0.1, 0.15) is 18.2 Å². The van der Waals surface area contributed by atoms with Crippen molar-refractivity contribution in [3.05, 3.63) is 60.2 Å². The Hall–Kier alpha value is -3.44. The first kappa shape index (κ1) is 25.8. The molecule has 11 heteroatoms. The summed E-state index contributed by atoms with van der Waals surface area (Å²) in [4.78, 5) is 43.2. The van der Waals surface area contributed by atoms with Crippen LogP contribution in [0.15, 0.2) is 54.6 Å². The van der Waals surface area contributed by atoms with E-state index in [1.54, 1.807) is 23.4 Å². The molecule has 3 saturated heterocycles. The third-order valence-corrected chi connectivity index (χ3v) is 10.5. The molecule has 2 bridgehead atoms. The van der Waals surface area contributed by atoms with Crippen molar-refractivity contribution in [3.63, 3.8) is 0 Å². The summed E-state index contributed by atoms with van der Waals surface area (Å²) in [6.07, 6.45) is 1.29. The lowest BCUT2D eigenvalue weighted by Gasteiger charge is -2.37. The number of aromatic nitrogens is 3. The van der Waals surface area contributed by atoms with Crippen molar-refractivity contribution >= 4 is 40.6 Å². The molecule has 39 heavy (non-hydrogen) atoms. The number of carbonyl (C=O) groups is 3. The molecule has 6 atom stereocenters. The lowest BCUT2D eigenvalue weighted by Crippen LogP contribution is -2.54. The number of likely N-dealkylation sites (tertiary alicyclic amines) is 1. The summed E-state index contributed by atoms with van der Waals surface area (Å²) < 4.78 is 5.72. The van der Waals surface area contributed by atoms with Crippen molar-refractivity contribution in [2.24, 2.45) is 11.8 Å². The molecule has 10 nitrogen and oxygen atoms in total. The number of fused-ring (bicyclic) bond motifs is 2. The van der Waals surface area contributed by atoms with E-state index in [2.05, 4.69) is 15.6 Å². The van der Waals surface area contributed by atoms with Crippen molar-refractivity contribution in [3.8, 4) is 0 Å². The van der Waals surface area contributed by atoms with Gasteiger partial charge in [-0.2, -0.15) is 0 Å². The average Bonchev–Trinajstić information content (AvgIpc) is 3.64. The van der Waals surface area contributed by atoms with E-state index in [0.717, 1.165) is 11.1 Å². The Kier molecular flexibility index (Phi) is 6.38. The van der Waals surface area contributed by atoms with E-state index in [9.17, 15) is 19.5 Å². The molecular weight excluding hydrogens is 518 g/mol. The third kappa shape index (κ3) is 3.85. The summed E-state index contributed by atoms with van der Waals surface area (Å²) in [7, 11) is 0. The number of rotatable bonds is 8. The minimum atomic E-state index is -0.895. The van der Waals surface area contributed by atoms with E-state index in [0.29, 0.717) is 18.4 Å². The van der Waals surface area contributed by atoms with Gasteiger partial charge in [0, 0.05) is 4.75 Å². The number of amides is 2. The number of benzene rings is 2. The van der Waals surface area contributed by atoms with Crippen molar-refractivity contribution in [1.82, 2.24) is 25.2 Å². The van der Waals surface area contributed by atoms with Gasteiger partial charge in [0.15, 0.2) is 0 Å². The number of aliphatic hydroxyl groups excluding tert-OH is 1. The van der Waals surface area contributed by atoms with E-state index >= 15 is 0 Å². The normalized spacial score (nSPS) is 30.0. The first-order valence-electron chi connectivity index (χ1n) is 13.3. The molecule has 3 aromatic rings. The number of nitrogens with one attached hydrogen (secondary N) is 1. The molecule has 4 heterocycles. The molecule has 2 unspecified atom stereocenters. The van der Waals surface area contributed by atoms with Gasteiger partial charge in [-0.05, 0) is 44.4 Å². The number of thioether (sulfide) groups is 1. The van der Waals surface area contributed by atoms with Gasteiger partial charge in [-0.1, -0.05) is 47.7 Å². The van der Waals surface area contributed by atoms with E-state index in [1.807, 2.05) is 61.5 Å². The highest BCUT2D eigenvalue weighted by Crippen LogP contribution is 2.72. The van der Waals surface area contributed by atoms with Crippen LogP contribution < -0.4 is 5.32 Å². The number of carbonyl (C=O) groups excluding carboxylic acids is 3. The van der Waals surface area contributed by atoms with Gasteiger partial charge in [0.25, 0.3) is 0 Å². The largest absolute Gasteiger partial charge is 0.466 e. The Morgan fingerprint density at radius 3 is 2.67 bits per heavy atom. The molecule has 3 aliphatic rings. The van der Waals surface area contributed by atoms with Gasteiger partial charge in [-0.15, -0.1) is 16.9 Å². The van der Waals surface area contributed by atoms with E-state index in [-0.39, 0.29) is 31.7 Å². The van der Waals surface area contributed by atoms with Crippen LogP contribution in [-0.2, 0) is 25.8 Å². The highest BCUT2D eigenvalue weighted by molar-refractivity contribution is 8.02. The highest BCUT2D eigenvalue weighted by atomic mass is 32.2. The van der Waals surface area contributed by atoms with Gasteiger partial charge in [0.2, 0.25) is 11.8 Å². The molecule has 1 aromatic heterocycles. The first-order chi connectivity index (χ1) is 18.8. The molecule has 3 aliphatic heterocycles. The van der Waals surface area contributed by atoms with Crippen LogP contribution in [0.5, 0.6) is 0 Å². The Balaban J connectivity index is 1.39. The summed E-state index contributed by atoms with van der Waals surface area (Å²) in [5.74, 6) is -2.43. The third-order valence-electron chi connectivity index (χ3n) is 8.52. The zero-order valence-electron chi connectivity index (χ0n) is 21.8. The van der Waals surface area contributed by atoms with Crippen molar-refractivity contribution in [1.29, 1.82) is 0 Å². The molecular formula is C28H31N5O5S. The number of ether oxygens (including phenoxy) is 1. The number of nitrogens with zero attached hydrogens (tertiary/aromatic N) is 4. The quantitative estimate of drug-likeness (QED) is 0.410. The van der Waals surface area contributed by atoms with Crippen LogP contribution in [0.2, 0.25) is 0 Å². The molecule has 6 rings (SSSR count). The molecule has 0 saturated carbocycles. The molecule has 2 amide bonds. The second-order valence-corrected chi connectivity index (χ2v) is 12.5. The monoisotopic (exact) mass is 549 g/mol. The Morgan fingerprint density at radius 2 is 1.92 bits per heavy atom. The molecule has 0 aliphatic carbocycles. The molecule has 0 radical (unpaired) electrons. The predicted octanol–water partition coefficient (Wildman–Crippen LogP) is 2.28. The smallest absolute Gasteiger partial charge is 0.311 e. The van der Waals surface area contributed by atoms with Crippen LogP contribution in [-0.4, -0.2) is 71.5 Å². The SMILES string of the molecule is CCOC(=O)[C@H]1[C@H]2C(=O)N([C@H](CO)c3ccccc3)C(C(=O)NCn3nnc4ccccc43)C23CC[C@]1(C)S3. The van der Waals surface area contributed by atoms with Crippen molar-refractivity contribution < 1.29 is 24.2 Å². The first-order valence-corrected chi connectivity index (χ1v) is 14.1. The van der Waals surface area contributed by atoms with Gasteiger partial charge in [0.05, 0.1) is 41.4 Å². The lowest BCUT2D eigenvalue weighted by atomic mass is 9.66. The van der Waals surface area contributed by atoms with E-state index in [4.69, 9.17) is 4.74 Å². The lowest BCUT2D eigenvalue weighted by molar-refractivity contribution is -0.155. The number of esters is 1. The van der Waals surface area contributed by atoms with Crippen molar-refractivity contribution in [2.45, 2.75) is 54.9 Å². The fourth-order valence-electron chi connectivity index (χ4n) is 6.90. The fraction of sp³-hybridized carbons (Fsp3) is 0.464. The topological polar surface area (TPSA) is 127 Å². The number of hydrogen-bond acceptors (Lipinski definition) is 8. The summed E-state index contributed by atoms with van der Waals surface area (Å²) in [6, 6.07) is 15.0. The van der Waals surface area contributed by atoms with Crippen LogP contribution in [0.1, 0.15) is 38.3 Å². The van der Waals surface area contributed by atoms with Gasteiger partial charge in [-0.25, -0.2) is 4.68 Å². The second kappa shape index (κ2) is 9.63. The predicted molar refractivity (Wildman–Crippen MR) is 144 cm³/mol. The second-order valence-electron chi connectivity index (χ2n) is 10.6. The van der Waals surface area contributed by atoms with E-state index < -0.39 is 39.4 Å². The summed E-state index contributed by atoms with van der Waals surface area (Å²) in [5.41, 5.74) is 2.21. The maximum atomic E-state index is 14.3. The zero-order valence-corrected chi connectivity index (χ0v) is 22.6. The van der Waals surface area contributed by atoms with Gasteiger partial charge in [-0.3, -0.25) is 14.4 Å². The molecule has 1 spiro atoms. The zero-order chi connectivity index (χ0) is 27.4. The van der Waals surface area contributed by atoms with Gasteiger partial charge >= 0.3 is 5.97 Å². The molecule has 3 fully saturated rings. The summed E-state index contributed by atoms with van der Waals surface area (Å²) in [5, 5.41) is 21.9. The Morgan fingerprint density at radius 1 is 1.18 bits per heavy atom. The standard InChI is InChI=1S/C28H31N5O5S/c1-3-38-26(37)22-21-25(36)33(20(15-34)17-9-5-4-6-10-17)23(28(21)14-13-27(22,2)39-28)24(35)29-16-32-19-12-8-7-11-18(19)30-31-32/h4-12,20-23,34H,3,13-16H2,1-2H3,(H,29,35)/t20-,21+,22-,23?,27+,28?/m1/s1. The highest BCUT2D eigenvalue weighted by Gasteiger charge is 2.78. The van der Waals surface area contributed by atoms with Crippen LogP contribution in [0, 0.1) is 11.8 Å². The number of para-hydroxylation sites is 1.